The van der Waals surface area contributed by atoms with Crippen LogP contribution in [-0.2, 0) is 0 Å². The number of nitriles is 2. The summed E-state index contributed by atoms with van der Waals surface area (Å²) in [6.07, 6.45) is 2.96. The summed E-state index contributed by atoms with van der Waals surface area (Å²) >= 11 is 0. The number of imidazole rings is 1. The van der Waals surface area contributed by atoms with E-state index in [4.69, 9.17) is 5.41 Å². The molecule has 0 radical (unpaired) electrons. The molecule has 2 aromatic heterocycles. The number of aliphatic hydroxyl groups excluding tert-OH is 1. The van der Waals surface area contributed by atoms with Gasteiger partial charge in [0.15, 0.2) is 17.2 Å². The maximum atomic E-state index is 9.51. The number of nitrogens with zero attached hydrogens (tertiary/aromatic N) is 6. The van der Waals surface area contributed by atoms with Crippen molar-refractivity contribution in [3.05, 3.63) is 35.7 Å². The monoisotopic (exact) mass is 416 g/mol. The first-order chi connectivity index (χ1) is 15.0. The van der Waals surface area contributed by atoms with Crippen LogP contribution in [0.3, 0.4) is 0 Å². The van der Waals surface area contributed by atoms with Crippen molar-refractivity contribution in [3.8, 4) is 12.1 Å². The Bertz CT molecular complexity index is 1230. The van der Waals surface area contributed by atoms with Crippen molar-refractivity contribution in [1.29, 1.82) is 15.9 Å². The number of aliphatic hydroxyl groups is 1. The van der Waals surface area contributed by atoms with Crippen molar-refractivity contribution in [3.63, 3.8) is 0 Å². The molecule has 1 aromatic carbocycles. The molecule has 1 aliphatic rings. The van der Waals surface area contributed by atoms with Crippen LogP contribution in [0.1, 0.15) is 31.0 Å². The van der Waals surface area contributed by atoms with Gasteiger partial charge >= 0.3 is 0 Å². The zero-order valence-corrected chi connectivity index (χ0v) is 16.7. The predicted molar refractivity (Wildman–Crippen MR) is 114 cm³/mol. The molecule has 1 saturated carbocycles. The van der Waals surface area contributed by atoms with Crippen LogP contribution >= 0.6 is 0 Å². The SMILES string of the molecule is C[C@@H](O)CNc1ccc(Nc2nc(NC3CC3)c3ncc(C#N)n3n2)cc1C(=N)C#N. The molecule has 3 aromatic rings. The van der Waals surface area contributed by atoms with Gasteiger partial charge in [-0.3, -0.25) is 5.41 Å². The second kappa shape index (κ2) is 8.26. The van der Waals surface area contributed by atoms with Gasteiger partial charge in [-0.1, -0.05) is 0 Å². The fourth-order valence-electron chi connectivity index (χ4n) is 2.96. The Balaban J connectivity index is 1.68. The molecule has 11 heteroatoms. The summed E-state index contributed by atoms with van der Waals surface area (Å²) in [4.78, 5) is 8.75. The molecule has 4 rings (SSSR count). The highest BCUT2D eigenvalue weighted by Gasteiger charge is 2.24. The molecule has 0 bridgehead atoms. The van der Waals surface area contributed by atoms with Crippen molar-refractivity contribution in [2.24, 2.45) is 0 Å². The lowest BCUT2D eigenvalue weighted by atomic mass is 10.1. The maximum Gasteiger partial charge on any atom is 0.247 e. The van der Waals surface area contributed by atoms with Crippen LogP contribution in [0.25, 0.3) is 5.65 Å². The van der Waals surface area contributed by atoms with Gasteiger partial charge in [0.05, 0.1) is 12.3 Å². The second-order valence-corrected chi connectivity index (χ2v) is 7.30. The first-order valence-corrected chi connectivity index (χ1v) is 9.73. The third kappa shape index (κ3) is 4.37. The van der Waals surface area contributed by atoms with E-state index in [0.717, 1.165) is 12.8 Å². The zero-order chi connectivity index (χ0) is 22.0. The molecule has 11 nitrogen and oxygen atoms in total. The van der Waals surface area contributed by atoms with Crippen LogP contribution in [0.2, 0.25) is 0 Å². The van der Waals surface area contributed by atoms with E-state index < -0.39 is 6.10 Å². The lowest BCUT2D eigenvalue weighted by Crippen LogP contribution is -2.17. The number of hydrogen-bond acceptors (Lipinski definition) is 10. The van der Waals surface area contributed by atoms with E-state index in [1.54, 1.807) is 25.1 Å². The third-order valence-corrected chi connectivity index (χ3v) is 4.64. The fourth-order valence-corrected chi connectivity index (χ4v) is 2.96. The first kappa shape index (κ1) is 20.1. The summed E-state index contributed by atoms with van der Waals surface area (Å²) in [5, 5.41) is 49.8. The third-order valence-electron chi connectivity index (χ3n) is 4.64. The van der Waals surface area contributed by atoms with Crippen LogP contribution in [0.5, 0.6) is 0 Å². The summed E-state index contributed by atoms with van der Waals surface area (Å²) in [6.45, 7) is 1.93. The number of rotatable bonds is 8. The first-order valence-electron chi connectivity index (χ1n) is 9.73. The topological polar surface area (TPSA) is 171 Å². The predicted octanol–water partition coefficient (Wildman–Crippen LogP) is 2.00. The van der Waals surface area contributed by atoms with E-state index in [2.05, 4.69) is 37.1 Å². The van der Waals surface area contributed by atoms with Crippen molar-refractivity contribution in [2.45, 2.75) is 31.9 Å². The molecule has 5 N–H and O–H groups in total. The molecule has 0 unspecified atom stereocenters. The minimum absolute atomic E-state index is 0.217. The van der Waals surface area contributed by atoms with Gasteiger partial charge in [-0.25, -0.2) is 4.98 Å². The van der Waals surface area contributed by atoms with Gasteiger partial charge < -0.3 is 21.1 Å². The number of nitrogens with one attached hydrogen (secondary N) is 4. The van der Waals surface area contributed by atoms with Crippen LogP contribution in [0, 0.1) is 28.1 Å². The van der Waals surface area contributed by atoms with E-state index in [9.17, 15) is 15.6 Å². The van der Waals surface area contributed by atoms with E-state index >= 15 is 0 Å². The number of fused-ring (bicyclic) bond motifs is 1. The van der Waals surface area contributed by atoms with E-state index in [0.29, 0.717) is 34.4 Å². The van der Waals surface area contributed by atoms with Gasteiger partial charge in [-0.2, -0.15) is 20.0 Å². The second-order valence-electron chi connectivity index (χ2n) is 7.30. The van der Waals surface area contributed by atoms with Gasteiger partial charge in [0.2, 0.25) is 5.95 Å². The number of aromatic nitrogens is 4. The molecular formula is C20H20N10O. The van der Waals surface area contributed by atoms with Crippen LogP contribution in [-0.4, -0.2) is 49.1 Å². The Hall–Kier alpha value is -4.22. The molecule has 0 aliphatic heterocycles. The summed E-state index contributed by atoms with van der Waals surface area (Å²) in [5.74, 6) is 0.769. The highest BCUT2D eigenvalue weighted by atomic mass is 16.3. The van der Waals surface area contributed by atoms with Gasteiger partial charge in [-0.05, 0) is 38.0 Å². The minimum atomic E-state index is -0.580. The van der Waals surface area contributed by atoms with Crippen molar-refractivity contribution >= 4 is 34.5 Å². The zero-order valence-electron chi connectivity index (χ0n) is 16.7. The largest absolute Gasteiger partial charge is 0.392 e. The average Bonchev–Trinajstić information content (AvgIpc) is 3.48. The van der Waals surface area contributed by atoms with Gasteiger partial charge in [0.25, 0.3) is 0 Å². The molecule has 31 heavy (non-hydrogen) atoms. The summed E-state index contributed by atoms with van der Waals surface area (Å²) < 4.78 is 1.43. The van der Waals surface area contributed by atoms with Crippen molar-refractivity contribution < 1.29 is 5.11 Å². The molecule has 0 saturated heterocycles. The number of anilines is 4. The van der Waals surface area contributed by atoms with Crippen LogP contribution < -0.4 is 16.0 Å². The molecular weight excluding hydrogens is 396 g/mol. The maximum absolute atomic E-state index is 9.51. The van der Waals surface area contributed by atoms with Crippen molar-refractivity contribution in [1.82, 2.24) is 19.6 Å². The quantitative estimate of drug-likeness (QED) is 0.344. The highest BCUT2D eigenvalue weighted by Crippen LogP contribution is 2.28. The molecule has 2 heterocycles. The number of benzene rings is 1. The summed E-state index contributed by atoms with van der Waals surface area (Å²) in [5.41, 5.74) is 2.04. The molecule has 1 aliphatic carbocycles. The molecule has 156 valence electrons. The Labute approximate surface area is 177 Å². The van der Waals surface area contributed by atoms with Gasteiger partial charge in [0, 0.05) is 29.5 Å². The van der Waals surface area contributed by atoms with E-state index in [1.807, 2.05) is 6.07 Å². The van der Waals surface area contributed by atoms with E-state index in [-0.39, 0.29) is 23.9 Å². The average molecular weight is 416 g/mol. The van der Waals surface area contributed by atoms with Gasteiger partial charge in [-0.15, -0.1) is 5.10 Å². The lowest BCUT2D eigenvalue weighted by molar-refractivity contribution is 0.208. The van der Waals surface area contributed by atoms with Crippen LogP contribution in [0.15, 0.2) is 24.4 Å². The smallest absolute Gasteiger partial charge is 0.247 e. The summed E-state index contributed by atoms with van der Waals surface area (Å²) in [6, 6.07) is 9.33. The molecule has 1 fully saturated rings. The van der Waals surface area contributed by atoms with E-state index in [1.165, 1.54) is 10.7 Å². The minimum Gasteiger partial charge on any atom is -0.392 e. The highest BCUT2D eigenvalue weighted by molar-refractivity contribution is 6.13. The Morgan fingerprint density at radius 2 is 2.19 bits per heavy atom. The Morgan fingerprint density at radius 3 is 2.87 bits per heavy atom. The Kier molecular flexibility index (Phi) is 5.35. The standard InChI is InChI=1S/C20H20N10O/c1-11(31)9-24-17-5-4-13(6-15(17)16(23)8-22)27-20-28-18(26-12-2-3-12)19-25-10-14(7-21)30(19)29-20/h4-6,10-12,23-24,31H,2-3,9H2,1H3,(H2,26,27,28,29)/t11-/m1/s1. The Morgan fingerprint density at radius 1 is 1.39 bits per heavy atom. The summed E-state index contributed by atoms with van der Waals surface area (Å²) in [7, 11) is 0. The fraction of sp³-hybridized carbons (Fsp3) is 0.300. The van der Waals surface area contributed by atoms with Crippen LogP contribution in [0.4, 0.5) is 23.1 Å². The molecule has 1 atom stereocenters. The lowest BCUT2D eigenvalue weighted by Gasteiger charge is -2.14. The molecule has 0 spiro atoms. The van der Waals surface area contributed by atoms with Crippen molar-refractivity contribution in [2.75, 3.05) is 22.5 Å². The normalized spacial score (nSPS) is 13.8. The molecule has 0 amide bonds. The van der Waals surface area contributed by atoms with Gasteiger partial charge in [0.1, 0.15) is 17.9 Å². The number of hydrogen-bond donors (Lipinski definition) is 5.